The second-order valence-corrected chi connectivity index (χ2v) is 1.14. The third-order valence-corrected chi connectivity index (χ3v) is 0.673. The van der Waals surface area contributed by atoms with Crippen molar-refractivity contribution < 1.29 is 9.90 Å². The van der Waals surface area contributed by atoms with Crippen LogP contribution in [0.1, 0.15) is 0 Å². The van der Waals surface area contributed by atoms with E-state index >= 15 is 0 Å². The van der Waals surface area contributed by atoms with Gasteiger partial charge in [-0.1, -0.05) is 0 Å². The lowest BCUT2D eigenvalue weighted by Crippen LogP contribution is -2.29. The Morgan fingerprint density at radius 2 is 2.57 bits per heavy atom. The molecule has 7 heavy (non-hydrogen) atoms. The Balaban J connectivity index is 3.16. The summed E-state index contributed by atoms with van der Waals surface area (Å²) in [7, 11) is 1.59. The van der Waals surface area contributed by atoms with Crippen molar-refractivity contribution in [1.29, 1.82) is 0 Å². The van der Waals surface area contributed by atoms with Gasteiger partial charge in [0.2, 0.25) is 6.29 Å². The summed E-state index contributed by atoms with van der Waals surface area (Å²) in [6.45, 7) is -0.181. The minimum Gasteiger partial charge on any atom is -0.394 e. The van der Waals surface area contributed by atoms with Crippen LogP contribution in [-0.4, -0.2) is 31.1 Å². The number of hydrogen-bond acceptors (Lipinski definition) is 3. The van der Waals surface area contributed by atoms with Crippen LogP contribution in [-0.2, 0) is 4.79 Å². The van der Waals surface area contributed by atoms with Gasteiger partial charge < -0.3 is 10.4 Å². The predicted octanol–water partition coefficient (Wildman–Crippen LogP) is -1.32. The Kier molecular flexibility index (Phi) is 3.55. The number of aliphatic hydroxyl groups excluding tert-OH is 1. The molecule has 0 aromatic carbocycles. The number of aliphatic hydroxyl groups is 1. The molecule has 0 amide bonds. The van der Waals surface area contributed by atoms with Crippen LogP contribution in [0.15, 0.2) is 0 Å². The van der Waals surface area contributed by atoms with Gasteiger partial charge in [-0.05, 0) is 7.05 Å². The van der Waals surface area contributed by atoms with E-state index in [0.29, 0.717) is 0 Å². The Morgan fingerprint density at radius 3 is 2.57 bits per heavy atom. The molecule has 0 aromatic heterocycles. The first kappa shape index (κ1) is 6.59. The summed E-state index contributed by atoms with van der Waals surface area (Å²) in [5.74, 6) is 0. The summed E-state index contributed by atoms with van der Waals surface area (Å²) < 4.78 is 0. The van der Waals surface area contributed by atoms with E-state index in [9.17, 15) is 4.79 Å². The molecule has 0 aliphatic carbocycles. The van der Waals surface area contributed by atoms with Gasteiger partial charge >= 0.3 is 0 Å². The maximum Gasteiger partial charge on any atom is 0.219 e. The van der Waals surface area contributed by atoms with Crippen LogP contribution in [0, 0.1) is 0 Å². The molecule has 0 saturated carbocycles. The van der Waals surface area contributed by atoms with Crippen LogP contribution >= 0.6 is 0 Å². The molecule has 0 heterocycles. The molecule has 1 atom stereocenters. The van der Waals surface area contributed by atoms with Crippen LogP contribution < -0.4 is 5.32 Å². The number of rotatable bonds is 3. The smallest absolute Gasteiger partial charge is 0.219 e. The van der Waals surface area contributed by atoms with Crippen molar-refractivity contribution in [3.05, 3.63) is 0 Å². The molecule has 0 saturated heterocycles. The highest BCUT2D eigenvalue weighted by atomic mass is 16.3. The lowest BCUT2D eigenvalue weighted by Gasteiger charge is -1.98. The molecule has 0 spiro atoms. The predicted molar refractivity (Wildman–Crippen MR) is 25.6 cm³/mol. The zero-order chi connectivity index (χ0) is 5.70. The largest absolute Gasteiger partial charge is 0.394 e. The lowest BCUT2D eigenvalue weighted by molar-refractivity contribution is 0.274. The summed E-state index contributed by atoms with van der Waals surface area (Å²) >= 11 is 0. The van der Waals surface area contributed by atoms with E-state index in [1.807, 2.05) is 0 Å². The van der Waals surface area contributed by atoms with Crippen LogP contribution in [0.3, 0.4) is 0 Å². The Morgan fingerprint density at radius 1 is 2.00 bits per heavy atom. The maximum absolute atomic E-state index is 9.62. The number of nitrogens with one attached hydrogen (secondary N) is 1. The topological polar surface area (TPSA) is 49.3 Å². The van der Waals surface area contributed by atoms with Gasteiger partial charge in [-0.25, -0.2) is 0 Å². The second kappa shape index (κ2) is 3.77. The molecule has 3 heteroatoms. The Labute approximate surface area is 42.3 Å². The van der Waals surface area contributed by atoms with Gasteiger partial charge in [0.25, 0.3) is 0 Å². The summed E-state index contributed by atoms with van der Waals surface area (Å²) in [6.07, 6.45) is 1.59. The quantitative estimate of drug-likeness (QED) is 0.464. The first-order valence-electron chi connectivity index (χ1n) is 2.01. The van der Waals surface area contributed by atoms with Crippen molar-refractivity contribution in [2.45, 2.75) is 6.04 Å². The minimum atomic E-state index is -0.514. The molecule has 0 aliphatic rings. The third kappa shape index (κ3) is 2.31. The summed E-state index contributed by atoms with van der Waals surface area (Å²) in [5, 5.41) is 10.7. The molecule has 0 rings (SSSR count). The molecular weight excluding hydrogens is 94.0 g/mol. The third-order valence-electron chi connectivity index (χ3n) is 0.673. The van der Waals surface area contributed by atoms with Gasteiger partial charge in [-0.15, -0.1) is 0 Å². The molecule has 0 aromatic rings. The minimum absolute atomic E-state index is 0.181. The zero-order valence-corrected chi connectivity index (χ0v) is 4.14. The van der Waals surface area contributed by atoms with Crippen LogP contribution in [0.2, 0.25) is 0 Å². The van der Waals surface area contributed by atoms with Gasteiger partial charge in [0, 0.05) is 0 Å². The molecule has 41 valence electrons. The van der Waals surface area contributed by atoms with E-state index in [1.165, 1.54) is 0 Å². The van der Waals surface area contributed by atoms with Crippen molar-refractivity contribution in [1.82, 2.24) is 5.32 Å². The van der Waals surface area contributed by atoms with Crippen molar-refractivity contribution in [2.24, 2.45) is 0 Å². The molecule has 0 aliphatic heterocycles. The first-order valence-corrected chi connectivity index (χ1v) is 2.01. The molecule has 3 nitrogen and oxygen atoms in total. The monoisotopic (exact) mass is 102 g/mol. The normalized spacial score (nSPS) is 13.4. The fourth-order valence-corrected chi connectivity index (χ4v) is 0.187. The summed E-state index contributed by atoms with van der Waals surface area (Å²) in [5.41, 5.74) is 0. The second-order valence-electron chi connectivity index (χ2n) is 1.14. The lowest BCUT2D eigenvalue weighted by atomic mass is 10.4. The highest BCUT2D eigenvalue weighted by Crippen LogP contribution is 1.67. The summed E-state index contributed by atoms with van der Waals surface area (Å²) in [4.78, 5) is 9.62. The molecule has 0 unspecified atom stereocenters. The van der Waals surface area contributed by atoms with Crippen LogP contribution in [0.4, 0.5) is 0 Å². The van der Waals surface area contributed by atoms with Gasteiger partial charge in [-0.2, -0.15) is 0 Å². The van der Waals surface area contributed by atoms with Gasteiger partial charge in [0.1, 0.15) is 0 Å². The Hall–Kier alpha value is -0.410. The van der Waals surface area contributed by atoms with Crippen molar-refractivity contribution in [2.75, 3.05) is 13.7 Å². The van der Waals surface area contributed by atoms with Gasteiger partial charge in [0.15, 0.2) is 0 Å². The first-order chi connectivity index (χ1) is 3.35. The number of carbonyl (C=O) groups excluding carboxylic acids is 1. The highest BCUT2D eigenvalue weighted by molar-refractivity contribution is 5.58. The molecule has 0 bridgehead atoms. The fraction of sp³-hybridized carbons (Fsp3) is 0.750. The van der Waals surface area contributed by atoms with E-state index < -0.39 is 6.04 Å². The number of hydrogen-bond donors (Lipinski definition) is 2. The SMILES string of the molecule is CN[C@H]([C]=O)CO. The molecule has 2 N–H and O–H groups in total. The summed E-state index contributed by atoms with van der Waals surface area (Å²) in [6, 6.07) is -0.514. The van der Waals surface area contributed by atoms with Crippen molar-refractivity contribution in [3.8, 4) is 0 Å². The van der Waals surface area contributed by atoms with E-state index in [2.05, 4.69) is 5.32 Å². The zero-order valence-electron chi connectivity index (χ0n) is 4.14. The Bertz CT molecular complexity index is 51.7. The van der Waals surface area contributed by atoms with Gasteiger partial charge in [-0.3, -0.25) is 4.79 Å². The van der Waals surface area contributed by atoms with Crippen molar-refractivity contribution in [3.63, 3.8) is 0 Å². The van der Waals surface area contributed by atoms with Crippen LogP contribution in [0.25, 0.3) is 0 Å². The van der Waals surface area contributed by atoms with E-state index in [4.69, 9.17) is 5.11 Å². The van der Waals surface area contributed by atoms with E-state index in [1.54, 1.807) is 13.3 Å². The average molecular weight is 102 g/mol. The average Bonchev–Trinajstić information content (AvgIpc) is 1.72. The van der Waals surface area contributed by atoms with Crippen LogP contribution in [0.5, 0.6) is 0 Å². The standard InChI is InChI=1S/C4H8NO2/c1-5-4(2-6)3-7/h4-6H,2H2,1H3/t4-/m0/s1. The van der Waals surface area contributed by atoms with Crippen molar-refractivity contribution >= 4 is 6.29 Å². The number of likely N-dealkylation sites (N-methyl/N-ethyl adjacent to an activating group) is 1. The fourth-order valence-electron chi connectivity index (χ4n) is 0.187. The molecule has 0 fully saturated rings. The van der Waals surface area contributed by atoms with Gasteiger partial charge in [0.05, 0.1) is 12.6 Å². The molecule has 1 radical (unpaired) electrons. The highest BCUT2D eigenvalue weighted by Gasteiger charge is 1.98. The maximum atomic E-state index is 9.62. The molecular formula is C4H8NO2. The van der Waals surface area contributed by atoms with E-state index in [0.717, 1.165) is 0 Å². The van der Waals surface area contributed by atoms with E-state index in [-0.39, 0.29) is 6.61 Å².